The van der Waals surface area contributed by atoms with E-state index in [1.165, 1.54) is 12.8 Å². The molecule has 0 aliphatic carbocycles. The van der Waals surface area contributed by atoms with Crippen LogP contribution in [0.15, 0.2) is 24.3 Å². The molecule has 1 aromatic rings. The summed E-state index contributed by atoms with van der Waals surface area (Å²) in [5, 5.41) is 3.46. The number of benzene rings is 1. The molecule has 1 heterocycles. The van der Waals surface area contributed by atoms with E-state index in [1.54, 1.807) is 24.3 Å². The van der Waals surface area contributed by atoms with Crippen molar-refractivity contribution < 1.29 is 9.59 Å². The van der Waals surface area contributed by atoms with Crippen LogP contribution in [0.3, 0.4) is 0 Å². The molecule has 1 saturated heterocycles. The van der Waals surface area contributed by atoms with Crippen LogP contribution in [-0.4, -0.2) is 42.3 Å². The van der Waals surface area contributed by atoms with Crippen LogP contribution in [0.5, 0.6) is 0 Å². The zero-order valence-corrected chi connectivity index (χ0v) is 13.7. The van der Waals surface area contributed by atoms with Crippen LogP contribution in [-0.2, 0) is 4.79 Å². The Morgan fingerprint density at radius 3 is 2.68 bits per heavy atom. The lowest BCUT2D eigenvalue weighted by Gasteiger charge is -2.23. The van der Waals surface area contributed by atoms with E-state index >= 15 is 0 Å². The summed E-state index contributed by atoms with van der Waals surface area (Å²) < 4.78 is 0. The van der Waals surface area contributed by atoms with Crippen LogP contribution in [0.25, 0.3) is 0 Å². The molecule has 1 aliphatic heterocycles. The molecule has 2 rings (SSSR count). The molecule has 1 atom stereocenters. The standard InChI is InChI=1S/C17H23ClN2O2/c1-13(20-9-2-3-10-20)12-19-17(22)8-7-16(21)14-5-4-6-15(18)11-14/h4-6,11,13H,2-3,7-10,12H2,1H3,(H,19,22). The van der Waals surface area contributed by atoms with Gasteiger partial charge in [0.1, 0.15) is 0 Å². The molecule has 4 nitrogen and oxygen atoms in total. The molecule has 1 N–H and O–H groups in total. The monoisotopic (exact) mass is 322 g/mol. The SMILES string of the molecule is CC(CNC(=O)CCC(=O)c1cccc(Cl)c1)N1CCCC1. The molecule has 1 aliphatic rings. The average molecular weight is 323 g/mol. The molecule has 22 heavy (non-hydrogen) atoms. The summed E-state index contributed by atoms with van der Waals surface area (Å²) in [6, 6.07) is 7.19. The number of nitrogens with one attached hydrogen (secondary N) is 1. The lowest BCUT2D eigenvalue weighted by atomic mass is 10.1. The maximum absolute atomic E-state index is 12.0. The molecule has 120 valence electrons. The molecule has 1 amide bonds. The number of amides is 1. The fraction of sp³-hybridized carbons (Fsp3) is 0.529. The molecule has 0 bridgehead atoms. The quantitative estimate of drug-likeness (QED) is 0.785. The van der Waals surface area contributed by atoms with Crippen LogP contribution >= 0.6 is 11.6 Å². The smallest absolute Gasteiger partial charge is 0.220 e. The van der Waals surface area contributed by atoms with Crippen molar-refractivity contribution in [1.29, 1.82) is 0 Å². The van der Waals surface area contributed by atoms with E-state index in [1.807, 2.05) is 0 Å². The van der Waals surface area contributed by atoms with Crippen molar-refractivity contribution in [2.45, 2.75) is 38.6 Å². The Bertz CT molecular complexity index is 527. The Kier molecular flexibility index (Phi) is 6.40. The second-order valence-corrected chi connectivity index (χ2v) is 6.27. The van der Waals surface area contributed by atoms with Gasteiger partial charge in [0, 0.05) is 36.0 Å². The molecule has 0 spiro atoms. The van der Waals surface area contributed by atoms with Gasteiger partial charge < -0.3 is 5.32 Å². The van der Waals surface area contributed by atoms with E-state index in [2.05, 4.69) is 17.1 Å². The molecule has 1 aromatic carbocycles. The van der Waals surface area contributed by atoms with Crippen molar-refractivity contribution in [3.05, 3.63) is 34.9 Å². The van der Waals surface area contributed by atoms with E-state index < -0.39 is 0 Å². The molecule has 0 aromatic heterocycles. The predicted molar refractivity (Wildman–Crippen MR) is 88.3 cm³/mol. The summed E-state index contributed by atoms with van der Waals surface area (Å²) in [6.45, 7) is 5.00. The van der Waals surface area contributed by atoms with Gasteiger partial charge in [-0.25, -0.2) is 0 Å². The average Bonchev–Trinajstić information content (AvgIpc) is 3.04. The van der Waals surface area contributed by atoms with Crippen LogP contribution in [0.4, 0.5) is 0 Å². The van der Waals surface area contributed by atoms with Gasteiger partial charge in [-0.3, -0.25) is 14.5 Å². The summed E-state index contributed by atoms with van der Waals surface area (Å²) in [7, 11) is 0. The first-order valence-corrected chi connectivity index (χ1v) is 8.23. The van der Waals surface area contributed by atoms with Crippen LogP contribution in [0.1, 0.15) is 43.0 Å². The molecule has 5 heteroatoms. The van der Waals surface area contributed by atoms with Crippen LogP contribution < -0.4 is 5.32 Å². The number of hydrogen-bond donors (Lipinski definition) is 1. The largest absolute Gasteiger partial charge is 0.355 e. The Balaban J connectivity index is 1.70. The first-order valence-electron chi connectivity index (χ1n) is 7.86. The second-order valence-electron chi connectivity index (χ2n) is 5.83. The fourth-order valence-electron chi connectivity index (χ4n) is 2.69. The summed E-state index contributed by atoms with van der Waals surface area (Å²) in [4.78, 5) is 26.2. The number of nitrogens with zero attached hydrogens (tertiary/aromatic N) is 1. The highest BCUT2D eigenvalue weighted by atomic mass is 35.5. The molecule has 0 saturated carbocycles. The van der Waals surface area contributed by atoms with E-state index in [9.17, 15) is 9.59 Å². The topological polar surface area (TPSA) is 49.4 Å². The van der Waals surface area contributed by atoms with Crippen molar-refractivity contribution in [2.75, 3.05) is 19.6 Å². The van der Waals surface area contributed by atoms with E-state index in [0.717, 1.165) is 13.1 Å². The maximum Gasteiger partial charge on any atom is 0.220 e. The summed E-state index contributed by atoms with van der Waals surface area (Å²) in [5.74, 6) is -0.119. The van der Waals surface area contributed by atoms with Gasteiger partial charge in [-0.2, -0.15) is 0 Å². The Hall–Kier alpha value is -1.39. The number of ketones is 1. The number of rotatable bonds is 7. The van der Waals surface area contributed by atoms with Crippen LogP contribution in [0.2, 0.25) is 5.02 Å². The number of likely N-dealkylation sites (tertiary alicyclic amines) is 1. The maximum atomic E-state index is 12.0. The summed E-state index contributed by atoms with van der Waals surface area (Å²) in [5.41, 5.74) is 0.561. The Morgan fingerprint density at radius 1 is 1.27 bits per heavy atom. The van der Waals surface area contributed by atoms with Crippen molar-refractivity contribution >= 4 is 23.3 Å². The van der Waals surface area contributed by atoms with Gasteiger partial charge in [-0.15, -0.1) is 0 Å². The number of hydrogen-bond acceptors (Lipinski definition) is 3. The minimum Gasteiger partial charge on any atom is -0.355 e. The third kappa shape index (κ3) is 5.11. The van der Waals surface area contributed by atoms with Gasteiger partial charge in [0.2, 0.25) is 5.91 Å². The van der Waals surface area contributed by atoms with Crippen molar-refractivity contribution in [3.63, 3.8) is 0 Å². The second kappa shape index (κ2) is 8.30. The van der Waals surface area contributed by atoms with Crippen molar-refractivity contribution in [3.8, 4) is 0 Å². The normalized spacial score (nSPS) is 16.5. The lowest BCUT2D eigenvalue weighted by Crippen LogP contribution is -2.40. The molecular formula is C17H23ClN2O2. The first kappa shape index (κ1) is 17.0. The Morgan fingerprint density at radius 2 is 2.00 bits per heavy atom. The summed E-state index contributed by atoms with van der Waals surface area (Å²) >= 11 is 5.86. The van der Waals surface area contributed by atoms with Crippen molar-refractivity contribution in [1.82, 2.24) is 10.2 Å². The van der Waals surface area contributed by atoms with Gasteiger partial charge in [0.25, 0.3) is 0 Å². The number of Topliss-reactive ketones (excluding diaryl/α,β-unsaturated/α-hetero) is 1. The molecule has 1 fully saturated rings. The Labute approximate surface area is 136 Å². The van der Waals surface area contributed by atoms with Gasteiger partial charge in [0.15, 0.2) is 5.78 Å². The molecule has 1 unspecified atom stereocenters. The van der Waals surface area contributed by atoms with E-state index in [4.69, 9.17) is 11.6 Å². The lowest BCUT2D eigenvalue weighted by molar-refractivity contribution is -0.121. The van der Waals surface area contributed by atoms with Gasteiger partial charge in [-0.05, 0) is 45.0 Å². The van der Waals surface area contributed by atoms with Crippen LogP contribution in [0, 0.1) is 0 Å². The third-order valence-electron chi connectivity index (χ3n) is 4.08. The van der Waals surface area contributed by atoms with Gasteiger partial charge >= 0.3 is 0 Å². The fourth-order valence-corrected chi connectivity index (χ4v) is 2.89. The van der Waals surface area contributed by atoms with E-state index in [-0.39, 0.29) is 24.5 Å². The van der Waals surface area contributed by atoms with Gasteiger partial charge in [0.05, 0.1) is 0 Å². The minimum absolute atomic E-state index is 0.0507. The number of carbonyl (C=O) groups is 2. The van der Waals surface area contributed by atoms with Gasteiger partial charge in [-0.1, -0.05) is 23.7 Å². The predicted octanol–water partition coefficient (Wildman–Crippen LogP) is 2.90. The molecule has 0 radical (unpaired) electrons. The highest BCUT2D eigenvalue weighted by molar-refractivity contribution is 6.31. The number of carbonyl (C=O) groups excluding carboxylic acids is 2. The third-order valence-corrected chi connectivity index (χ3v) is 4.32. The number of halogens is 1. The minimum atomic E-state index is -0.0681. The zero-order chi connectivity index (χ0) is 15.9. The highest BCUT2D eigenvalue weighted by Gasteiger charge is 2.18. The zero-order valence-electron chi connectivity index (χ0n) is 13.0. The van der Waals surface area contributed by atoms with E-state index in [0.29, 0.717) is 23.2 Å². The summed E-state index contributed by atoms with van der Waals surface area (Å²) in [6.07, 6.45) is 2.92. The van der Waals surface area contributed by atoms with Crippen molar-refractivity contribution in [2.24, 2.45) is 0 Å². The highest BCUT2D eigenvalue weighted by Crippen LogP contribution is 2.13. The first-order chi connectivity index (χ1) is 10.6. The molecular weight excluding hydrogens is 300 g/mol.